The Kier molecular flexibility index (Phi) is 4.87. The summed E-state index contributed by atoms with van der Waals surface area (Å²) in [5, 5.41) is 5.82. The predicted molar refractivity (Wildman–Crippen MR) is 89.3 cm³/mol. The largest absolute Gasteiger partial charge is 0.416 e. The summed E-state index contributed by atoms with van der Waals surface area (Å²) in [5.41, 5.74) is 0.746. The minimum Gasteiger partial charge on any atom is -0.356 e. The number of benzene rings is 2. The lowest BCUT2D eigenvalue weighted by atomic mass is 9.95. The number of carbonyl (C=O) groups excluding carboxylic acids is 1. The second kappa shape index (κ2) is 6.55. The van der Waals surface area contributed by atoms with Gasteiger partial charge in [0.15, 0.2) is 0 Å². The highest BCUT2D eigenvalue weighted by atomic mass is 19.4. The minimum absolute atomic E-state index is 0.0917. The molecule has 0 aliphatic heterocycles. The summed E-state index contributed by atoms with van der Waals surface area (Å²) in [5.74, 6) is -0.0917. The Morgan fingerprint density at radius 1 is 0.792 bits per heavy atom. The number of rotatable bonds is 3. The van der Waals surface area contributed by atoms with Crippen molar-refractivity contribution in [3.63, 3.8) is 0 Å². The summed E-state index contributed by atoms with van der Waals surface area (Å²) in [6, 6.07) is 11.8. The first kappa shape index (κ1) is 17.8. The standard InChI is InChI=1S/C18H19F3N2O/c1-17(2,3)16(24)23-15-10-8-14(9-11-15)22-13-6-4-12(5-7-13)18(19,20)21/h4-11,22H,1-3H3,(H,23,24). The molecule has 1 amide bonds. The Bertz CT molecular complexity index is 699. The maximum Gasteiger partial charge on any atom is 0.416 e. The summed E-state index contributed by atoms with van der Waals surface area (Å²) in [6.07, 6.45) is -4.34. The predicted octanol–water partition coefficient (Wildman–Crippen LogP) is 5.43. The van der Waals surface area contributed by atoms with Gasteiger partial charge < -0.3 is 10.6 Å². The molecule has 0 aliphatic carbocycles. The lowest BCUT2D eigenvalue weighted by Gasteiger charge is -2.17. The number of carbonyl (C=O) groups is 1. The lowest BCUT2D eigenvalue weighted by molar-refractivity contribution is -0.137. The Balaban J connectivity index is 2.03. The zero-order chi connectivity index (χ0) is 18.0. The van der Waals surface area contributed by atoms with Gasteiger partial charge >= 0.3 is 6.18 Å². The molecule has 0 saturated heterocycles. The third kappa shape index (κ3) is 4.75. The van der Waals surface area contributed by atoms with Crippen molar-refractivity contribution >= 4 is 23.0 Å². The number of anilines is 3. The second-order valence-corrected chi connectivity index (χ2v) is 6.48. The molecule has 24 heavy (non-hydrogen) atoms. The second-order valence-electron chi connectivity index (χ2n) is 6.48. The summed E-state index contributed by atoms with van der Waals surface area (Å²) < 4.78 is 37.6. The Hall–Kier alpha value is -2.50. The molecule has 0 aromatic heterocycles. The zero-order valence-corrected chi connectivity index (χ0v) is 13.7. The van der Waals surface area contributed by atoms with Crippen LogP contribution in [0.1, 0.15) is 26.3 Å². The molecule has 6 heteroatoms. The molecule has 0 fully saturated rings. The van der Waals surface area contributed by atoms with Crippen LogP contribution in [0.3, 0.4) is 0 Å². The van der Waals surface area contributed by atoms with E-state index in [0.717, 1.165) is 12.1 Å². The molecular formula is C18H19F3N2O. The van der Waals surface area contributed by atoms with Gasteiger partial charge in [-0.2, -0.15) is 13.2 Å². The smallest absolute Gasteiger partial charge is 0.356 e. The number of hydrogen-bond donors (Lipinski definition) is 2. The number of amides is 1. The van der Waals surface area contributed by atoms with Gasteiger partial charge in [-0.3, -0.25) is 4.79 Å². The van der Waals surface area contributed by atoms with Gasteiger partial charge in [0.05, 0.1) is 5.56 Å². The van der Waals surface area contributed by atoms with E-state index in [1.165, 1.54) is 12.1 Å². The molecule has 2 aromatic carbocycles. The van der Waals surface area contributed by atoms with Crippen LogP contribution in [0.4, 0.5) is 30.2 Å². The van der Waals surface area contributed by atoms with Gasteiger partial charge in [-0.1, -0.05) is 20.8 Å². The average molecular weight is 336 g/mol. The molecule has 2 aromatic rings. The topological polar surface area (TPSA) is 41.1 Å². The van der Waals surface area contributed by atoms with Crippen molar-refractivity contribution in [2.75, 3.05) is 10.6 Å². The lowest BCUT2D eigenvalue weighted by Crippen LogP contribution is -2.27. The van der Waals surface area contributed by atoms with Crippen LogP contribution in [0.2, 0.25) is 0 Å². The normalized spacial score (nSPS) is 11.9. The molecule has 0 spiro atoms. The molecule has 0 bridgehead atoms. The van der Waals surface area contributed by atoms with E-state index in [2.05, 4.69) is 10.6 Å². The quantitative estimate of drug-likeness (QED) is 0.784. The molecular weight excluding hydrogens is 317 g/mol. The van der Waals surface area contributed by atoms with Gasteiger partial charge in [-0.05, 0) is 48.5 Å². The van der Waals surface area contributed by atoms with Gasteiger partial charge in [-0.25, -0.2) is 0 Å². The third-order valence-electron chi connectivity index (χ3n) is 3.32. The van der Waals surface area contributed by atoms with Gasteiger partial charge in [0.1, 0.15) is 0 Å². The Labute approximate surface area is 138 Å². The molecule has 0 radical (unpaired) electrons. The number of halogens is 3. The van der Waals surface area contributed by atoms with Crippen molar-refractivity contribution in [1.29, 1.82) is 0 Å². The maximum atomic E-state index is 12.5. The fourth-order valence-corrected chi connectivity index (χ4v) is 1.86. The average Bonchev–Trinajstić information content (AvgIpc) is 2.48. The summed E-state index contributed by atoms with van der Waals surface area (Å²) in [6.45, 7) is 5.47. The molecule has 128 valence electrons. The third-order valence-corrected chi connectivity index (χ3v) is 3.32. The first-order chi connectivity index (χ1) is 11.1. The van der Waals surface area contributed by atoms with Crippen LogP contribution in [-0.2, 0) is 11.0 Å². The van der Waals surface area contributed by atoms with Crippen LogP contribution < -0.4 is 10.6 Å². The van der Waals surface area contributed by atoms with E-state index in [1.807, 2.05) is 20.8 Å². The van der Waals surface area contributed by atoms with Crippen molar-refractivity contribution in [3.05, 3.63) is 54.1 Å². The van der Waals surface area contributed by atoms with Crippen molar-refractivity contribution in [1.82, 2.24) is 0 Å². The zero-order valence-electron chi connectivity index (χ0n) is 13.7. The highest BCUT2D eigenvalue weighted by Crippen LogP contribution is 2.30. The van der Waals surface area contributed by atoms with E-state index in [1.54, 1.807) is 24.3 Å². The van der Waals surface area contributed by atoms with Crippen molar-refractivity contribution in [3.8, 4) is 0 Å². The minimum atomic E-state index is -4.34. The van der Waals surface area contributed by atoms with E-state index < -0.39 is 17.2 Å². The number of hydrogen-bond acceptors (Lipinski definition) is 2. The Morgan fingerprint density at radius 3 is 1.62 bits per heavy atom. The van der Waals surface area contributed by atoms with E-state index >= 15 is 0 Å². The van der Waals surface area contributed by atoms with Crippen LogP contribution in [0, 0.1) is 5.41 Å². The molecule has 0 unspecified atom stereocenters. The molecule has 0 heterocycles. The van der Waals surface area contributed by atoms with E-state index in [-0.39, 0.29) is 5.91 Å². The highest BCUT2D eigenvalue weighted by molar-refractivity contribution is 5.94. The van der Waals surface area contributed by atoms with Crippen LogP contribution in [0.15, 0.2) is 48.5 Å². The van der Waals surface area contributed by atoms with Gasteiger partial charge in [0.2, 0.25) is 5.91 Å². The van der Waals surface area contributed by atoms with Crippen LogP contribution >= 0.6 is 0 Å². The fourth-order valence-electron chi connectivity index (χ4n) is 1.86. The summed E-state index contributed by atoms with van der Waals surface area (Å²) in [4.78, 5) is 11.9. The monoisotopic (exact) mass is 336 g/mol. The van der Waals surface area contributed by atoms with E-state index in [0.29, 0.717) is 17.1 Å². The molecule has 2 N–H and O–H groups in total. The molecule has 0 saturated carbocycles. The number of alkyl halides is 3. The highest BCUT2D eigenvalue weighted by Gasteiger charge is 2.29. The van der Waals surface area contributed by atoms with Crippen molar-refractivity contribution < 1.29 is 18.0 Å². The SMILES string of the molecule is CC(C)(C)C(=O)Nc1ccc(Nc2ccc(C(F)(F)F)cc2)cc1. The molecule has 0 atom stereocenters. The van der Waals surface area contributed by atoms with Crippen molar-refractivity contribution in [2.24, 2.45) is 5.41 Å². The first-order valence-corrected chi connectivity index (χ1v) is 7.41. The molecule has 3 nitrogen and oxygen atoms in total. The van der Waals surface area contributed by atoms with Gasteiger partial charge in [0, 0.05) is 22.5 Å². The van der Waals surface area contributed by atoms with Crippen molar-refractivity contribution in [2.45, 2.75) is 26.9 Å². The Morgan fingerprint density at radius 2 is 1.21 bits per heavy atom. The molecule has 2 rings (SSSR count). The summed E-state index contributed by atoms with van der Waals surface area (Å²) >= 11 is 0. The molecule has 0 aliphatic rings. The van der Waals surface area contributed by atoms with Crippen LogP contribution in [-0.4, -0.2) is 5.91 Å². The first-order valence-electron chi connectivity index (χ1n) is 7.41. The van der Waals surface area contributed by atoms with Crippen LogP contribution in [0.5, 0.6) is 0 Å². The van der Waals surface area contributed by atoms with Gasteiger partial charge in [0.25, 0.3) is 0 Å². The van der Waals surface area contributed by atoms with Gasteiger partial charge in [-0.15, -0.1) is 0 Å². The number of nitrogens with one attached hydrogen (secondary N) is 2. The summed E-state index contributed by atoms with van der Waals surface area (Å²) in [7, 11) is 0. The van der Waals surface area contributed by atoms with E-state index in [4.69, 9.17) is 0 Å². The fraction of sp³-hybridized carbons (Fsp3) is 0.278. The maximum absolute atomic E-state index is 12.5. The van der Waals surface area contributed by atoms with E-state index in [9.17, 15) is 18.0 Å². The van der Waals surface area contributed by atoms with Crippen LogP contribution in [0.25, 0.3) is 0 Å².